The molecule has 150 valence electrons. The van der Waals surface area contributed by atoms with E-state index in [2.05, 4.69) is 27.2 Å². The van der Waals surface area contributed by atoms with Crippen molar-refractivity contribution in [3.05, 3.63) is 53.5 Å². The summed E-state index contributed by atoms with van der Waals surface area (Å²) in [5.41, 5.74) is 4.81. The fraction of sp³-hybridized carbons (Fsp3) is 0.318. The van der Waals surface area contributed by atoms with Crippen LogP contribution >= 0.6 is 0 Å². The Morgan fingerprint density at radius 2 is 2.10 bits per heavy atom. The first-order valence-corrected chi connectivity index (χ1v) is 9.27. The predicted octanol–water partition coefficient (Wildman–Crippen LogP) is 3.07. The minimum Gasteiger partial charge on any atom is -0.444 e. The summed E-state index contributed by atoms with van der Waals surface area (Å²) in [5, 5.41) is 15.9. The van der Waals surface area contributed by atoms with Crippen LogP contribution < -0.4 is 5.32 Å². The molecule has 0 fully saturated rings. The molecule has 1 aromatic carbocycles. The van der Waals surface area contributed by atoms with Crippen molar-refractivity contribution in [1.29, 1.82) is 0 Å². The zero-order valence-corrected chi connectivity index (χ0v) is 17.0. The summed E-state index contributed by atoms with van der Waals surface area (Å²) in [6.45, 7) is 7.67. The number of carbonyl (C=O) groups excluding carboxylic acids is 1. The SMILES string of the molecule is Cc1cc(-c2ncnn3cc(C#CCO)cc23)ccc1CNC(=O)OC(C)(C)C. The second-order valence-electron chi connectivity index (χ2n) is 7.62. The molecular weight excluding hydrogens is 368 g/mol. The Hall–Kier alpha value is -3.37. The lowest BCUT2D eigenvalue weighted by molar-refractivity contribution is 0.0523. The molecule has 0 bridgehead atoms. The minimum absolute atomic E-state index is 0.192. The summed E-state index contributed by atoms with van der Waals surface area (Å²) >= 11 is 0. The molecule has 29 heavy (non-hydrogen) atoms. The molecule has 0 atom stereocenters. The molecule has 2 aromatic heterocycles. The first kappa shape index (κ1) is 20.4. The van der Waals surface area contributed by atoms with Crippen molar-refractivity contribution in [1.82, 2.24) is 19.9 Å². The number of aryl methyl sites for hydroxylation is 1. The zero-order valence-electron chi connectivity index (χ0n) is 17.0. The molecule has 0 radical (unpaired) electrons. The second-order valence-corrected chi connectivity index (χ2v) is 7.62. The summed E-state index contributed by atoms with van der Waals surface area (Å²) < 4.78 is 6.99. The Kier molecular flexibility index (Phi) is 5.85. The highest BCUT2D eigenvalue weighted by Gasteiger charge is 2.16. The third-order valence-electron chi connectivity index (χ3n) is 4.16. The molecular formula is C22H24N4O3. The van der Waals surface area contributed by atoms with Crippen molar-refractivity contribution >= 4 is 11.6 Å². The topological polar surface area (TPSA) is 88.8 Å². The smallest absolute Gasteiger partial charge is 0.407 e. The molecule has 0 saturated carbocycles. The molecule has 1 amide bonds. The van der Waals surface area contributed by atoms with E-state index in [0.29, 0.717) is 6.54 Å². The summed E-state index contributed by atoms with van der Waals surface area (Å²) in [6, 6.07) is 7.86. The van der Waals surface area contributed by atoms with Gasteiger partial charge in [-0.3, -0.25) is 0 Å². The Bertz CT molecular complexity index is 1100. The number of hydrogen-bond donors (Lipinski definition) is 2. The van der Waals surface area contributed by atoms with Gasteiger partial charge in [-0.2, -0.15) is 5.10 Å². The number of aromatic nitrogens is 3. The van der Waals surface area contributed by atoms with E-state index >= 15 is 0 Å². The number of nitrogens with zero attached hydrogens (tertiary/aromatic N) is 3. The van der Waals surface area contributed by atoms with Gasteiger partial charge in [-0.25, -0.2) is 14.3 Å². The van der Waals surface area contributed by atoms with Crippen molar-refractivity contribution in [2.24, 2.45) is 0 Å². The molecule has 2 heterocycles. The number of benzene rings is 1. The average Bonchev–Trinajstić information content (AvgIpc) is 3.07. The van der Waals surface area contributed by atoms with Gasteiger partial charge in [0.25, 0.3) is 0 Å². The quantitative estimate of drug-likeness (QED) is 0.669. The number of ether oxygens (including phenoxy) is 1. The van der Waals surface area contributed by atoms with Crippen LogP contribution in [-0.4, -0.2) is 38.0 Å². The number of rotatable bonds is 3. The molecule has 7 nitrogen and oxygen atoms in total. The third-order valence-corrected chi connectivity index (χ3v) is 4.16. The molecule has 7 heteroatoms. The number of alkyl carbamates (subject to hydrolysis) is 1. The van der Waals surface area contributed by atoms with E-state index in [0.717, 1.165) is 33.5 Å². The Labute approximate surface area is 169 Å². The van der Waals surface area contributed by atoms with Gasteiger partial charge in [-0.1, -0.05) is 24.0 Å². The van der Waals surface area contributed by atoms with E-state index in [1.807, 2.05) is 52.0 Å². The van der Waals surface area contributed by atoms with Crippen LogP contribution in [0.25, 0.3) is 16.8 Å². The number of carbonyl (C=O) groups is 1. The fourth-order valence-electron chi connectivity index (χ4n) is 2.89. The van der Waals surface area contributed by atoms with Crippen LogP contribution in [0.3, 0.4) is 0 Å². The maximum absolute atomic E-state index is 11.9. The Morgan fingerprint density at radius 1 is 1.31 bits per heavy atom. The van der Waals surface area contributed by atoms with E-state index in [-0.39, 0.29) is 6.61 Å². The van der Waals surface area contributed by atoms with E-state index in [9.17, 15) is 4.79 Å². The van der Waals surface area contributed by atoms with Crippen LogP contribution in [0, 0.1) is 18.8 Å². The van der Waals surface area contributed by atoms with Crippen LogP contribution in [-0.2, 0) is 11.3 Å². The third kappa shape index (κ3) is 5.12. The highest BCUT2D eigenvalue weighted by atomic mass is 16.6. The van der Waals surface area contributed by atoms with E-state index < -0.39 is 11.7 Å². The summed E-state index contributed by atoms with van der Waals surface area (Å²) in [4.78, 5) is 16.3. The number of nitrogens with one attached hydrogen (secondary N) is 1. The van der Waals surface area contributed by atoms with Crippen LogP contribution in [0.2, 0.25) is 0 Å². The summed E-state index contributed by atoms with van der Waals surface area (Å²) in [6.07, 6.45) is 2.86. The van der Waals surface area contributed by atoms with Gasteiger partial charge in [0.1, 0.15) is 18.5 Å². The maximum Gasteiger partial charge on any atom is 0.407 e. The molecule has 0 aliphatic heterocycles. The first-order chi connectivity index (χ1) is 13.8. The fourth-order valence-corrected chi connectivity index (χ4v) is 2.89. The maximum atomic E-state index is 11.9. The standard InChI is InChI=1S/C22H24N4O3/c1-15-10-17(7-8-18(15)12-23-21(28)29-22(2,3)4)20-19-11-16(6-5-9-27)13-26(19)25-14-24-20/h7-8,10-11,13-14,27H,9,12H2,1-4H3,(H,23,28). The zero-order chi connectivity index (χ0) is 21.0. The van der Waals surface area contributed by atoms with Crippen molar-refractivity contribution in [2.75, 3.05) is 6.61 Å². The predicted molar refractivity (Wildman–Crippen MR) is 110 cm³/mol. The van der Waals surface area contributed by atoms with Crippen molar-refractivity contribution in [2.45, 2.75) is 39.8 Å². The average molecular weight is 392 g/mol. The molecule has 0 aliphatic rings. The first-order valence-electron chi connectivity index (χ1n) is 9.27. The highest BCUT2D eigenvalue weighted by Crippen LogP contribution is 2.25. The van der Waals surface area contributed by atoms with Gasteiger partial charge in [-0.15, -0.1) is 0 Å². The van der Waals surface area contributed by atoms with Gasteiger partial charge in [0.15, 0.2) is 0 Å². The Morgan fingerprint density at radius 3 is 2.79 bits per heavy atom. The molecule has 2 N–H and O–H groups in total. The van der Waals surface area contributed by atoms with E-state index in [1.54, 1.807) is 10.7 Å². The van der Waals surface area contributed by atoms with E-state index in [4.69, 9.17) is 9.84 Å². The van der Waals surface area contributed by atoms with Gasteiger partial charge < -0.3 is 15.2 Å². The van der Waals surface area contributed by atoms with E-state index in [1.165, 1.54) is 6.33 Å². The lowest BCUT2D eigenvalue weighted by Crippen LogP contribution is -2.32. The normalized spacial score (nSPS) is 11.1. The number of aliphatic hydroxyl groups is 1. The summed E-state index contributed by atoms with van der Waals surface area (Å²) in [7, 11) is 0. The van der Waals surface area contributed by atoms with Crippen LogP contribution in [0.15, 0.2) is 36.8 Å². The van der Waals surface area contributed by atoms with Crippen LogP contribution in [0.1, 0.15) is 37.5 Å². The van der Waals surface area contributed by atoms with Crippen molar-refractivity contribution < 1.29 is 14.6 Å². The lowest BCUT2D eigenvalue weighted by atomic mass is 10.0. The van der Waals surface area contributed by atoms with Gasteiger partial charge in [0.2, 0.25) is 0 Å². The number of aliphatic hydroxyl groups excluding tert-OH is 1. The van der Waals surface area contributed by atoms with Gasteiger partial charge in [0.05, 0.1) is 11.2 Å². The van der Waals surface area contributed by atoms with Gasteiger partial charge in [-0.05, 0) is 51.0 Å². The lowest BCUT2D eigenvalue weighted by Gasteiger charge is -2.20. The molecule has 0 spiro atoms. The largest absolute Gasteiger partial charge is 0.444 e. The highest BCUT2D eigenvalue weighted by molar-refractivity contribution is 5.78. The van der Waals surface area contributed by atoms with Gasteiger partial charge in [0, 0.05) is 23.9 Å². The number of fused-ring (bicyclic) bond motifs is 1. The molecule has 0 aliphatic carbocycles. The van der Waals surface area contributed by atoms with Crippen molar-refractivity contribution in [3.8, 4) is 23.1 Å². The summed E-state index contributed by atoms with van der Waals surface area (Å²) in [5.74, 6) is 5.52. The molecule has 0 unspecified atom stereocenters. The minimum atomic E-state index is -0.529. The van der Waals surface area contributed by atoms with Gasteiger partial charge >= 0.3 is 6.09 Å². The Balaban J connectivity index is 1.83. The monoisotopic (exact) mass is 392 g/mol. The van der Waals surface area contributed by atoms with Crippen LogP contribution in [0.4, 0.5) is 4.79 Å². The second kappa shape index (κ2) is 8.33. The van der Waals surface area contributed by atoms with Crippen molar-refractivity contribution in [3.63, 3.8) is 0 Å². The molecule has 3 rings (SSSR count). The molecule has 0 saturated heterocycles. The van der Waals surface area contributed by atoms with Crippen LogP contribution in [0.5, 0.6) is 0 Å². The number of amides is 1. The number of hydrogen-bond acceptors (Lipinski definition) is 5. The molecule has 3 aromatic rings.